The van der Waals surface area contributed by atoms with Crippen LogP contribution in [0.3, 0.4) is 0 Å². The Morgan fingerprint density at radius 1 is 1.60 bits per heavy atom. The first-order valence-corrected chi connectivity index (χ1v) is 6.40. The van der Waals surface area contributed by atoms with E-state index in [0.29, 0.717) is 26.2 Å². The average molecular weight is 259 g/mol. The van der Waals surface area contributed by atoms with Crippen LogP contribution in [0.2, 0.25) is 0 Å². The Kier molecular flexibility index (Phi) is 6.70. The molecule has 0 radical (unpaired) electrons. The first-order valence-electron chi connectivity index (χ1n) is 4.85. The number of halogens is 1. The van der Waals surface area contributed by atoms with Crippen molar-refractivity contribution in [2.45, 2.75) is 31.1 Å². The summed E-state index contributed by atoms with van der Waals surface area (Å²) in [5.74, 6) is 0. The number of nitrogens with one attached hydrogen (secondary N) is 1. The van der Waals surface area contributed by atoms with Gasteiger partial charge in [0.15, 0.2) is 0 Å². The third-order valence-electron chi connectivity index (χ3n) is 2.28. The van der Waals surface area contributed by atoms with Gasteiger partial charge in [0.1, 0.15) is 0 Å². The molecule has 5 nitrogen and oxygen atoms in total. The van der Waals surface area contributed by atoms with Gasteiger partial charge in [0, 0.05) is 19.2 Å². The predicted molar refractivity (Wildman–Crippen MR) is 61.7 cm³/mol. The fraction of sp³-hybridized carbons (Fsp3) is 1.00. The Bertz CT molecular complexity index is 265. The summed E-state index contributed by atoms with van der Waals surface area (Å²) in [5.41, 5.74) is 5.35. The van der Waals surface area contributed by atoms with Crippen LogP contribution in [0.5, 0.6) is 0 Å². The number of hydrogen-bond donors (Lipinski definition) is 2. The van der Waals surface area contributed by atoms with Crippen molar-refractivity contribution >= 4 is 22.4 Å². The molecule has 92 valence electrons. The standard InChI is InChI=1S/C8H18N2O3S.ClH/c1-7(5-9)10-14(11,12)8-3-2-4-13-6-8;/h7-8,10H,2-6,9H2,1H3;1H/t7-,8?;/m0./s1. The second-order valence-corrected chi connectivity index (χ2v) is 5.63. The minimum Gasteiger partial charge on any atom is -0.380 e. The van der Waals surface area contributed by atoms with Gasteiger partial charge in [-0.05, 0) is 19.8 Å². The van der Waals surface area contributed by atoms with E-state index in [1.807, 2.05) is 0 Å². The van der Waals surface area contributed by atoms with Crippen LogP contribution in [0.4, 0.5) is 0 Å². The van der Waals surface area contributed by atoms with Crippen molar-refractivity contribution < 1.29 is 13.2 Å². The molecule has 0 aromatic heterocycles. The molecule has 0 bridgehead atoms. The van der Waals surface area contributed by atoms with Crippen molar-refractivity contribution in [3.05, 3.63) is 0 Å². The van der Waals surface area contributed by atoms with E-state index in [1.165, 1.54) is 0 Å². The molecule has 0 aromatic carbocycles. The Balaban J connectivity index is 0.00000196. The molecular formula is C8H19ClN2O3S. The number of nitrogens with two attached hydrogens (primary N) is 1. The van der Waals surface area contributed by atoms with Gasteiger partial charge in [-0.3, -0.25) is 0 Å². The van der Waals surface area contributed by atoms with E-state index < -0.39 is 15.3 Å². The molecule has 2 atom stereocenters. The van der Waals surface area contributed by atoms with E-state index in [4.69, 9.17) is 10.5 Å². The number of rotatable bonds is 4. The fourth-order valence-corrected chi connectivity index (χ4v) is 2.98. The van der Waals surface area contributed by atoms with Crippen LogP contribution in [-0.2, 0) is 14.8 Å². The summed E-state index contributed by atoms with van der Waals surface area (Å²) < 4.78 is 31.1. The van der Waals surface area contributed by atoms with Crippen molar-refractivity contribution in [1.82, 2.24) is 4.72 Å². The Labute approximate surface area is 97.2 Å². The van der Waals surface area contributed by atoms with Crippen molar-refractivity contribution in [3.8, 4) is 0 Å². The molecule has 1 heterocycles. The van der Waals surface area contributed by atoms with Gasteiger partial charge in [-0.1, -0.05) is 0 Å². The lowest BCUT2D eigenvalue weighted by molar-refractivity contribution is 0.0987. The number of hydrogen-bond acceptors (Lipinski definition) is 4. The molecule has 15 heavy (non-hydrogen) atoms. The molecule has 0 amide bonds. The maximum atomic E-state index is 11.7. The molecule has 7 heteroatoms. The molecule has 1 fully saturated rings. The first kappa shape index (κ1) is 15.1. The van der Waals surface area contributed by atoms with Crippen LogP contribution in [0, 0.1) is 0 Å². The average Bonchev–Trinajstić information content (AvgIpc) is 2.18. The van der Waals surface area contributed by atoms with Crippen molar-refractivity contribution in [1.29, 1.82) is 0 Å². The summed E-state index contributed by atoms with van der Waals surface area (Å²) in [6.45, 7) is 3.03. The van der Waals surface area contributed by atoms with Gasteiger partial charge in [-0.2, -0.15) is 0 Å². The van der Waals surface area contributed by atoms with Crippen molar-refractivity contribution in [3.63, 3.8) is 0 Å². The lowest BCUT2D eigenvalue weighted by Crippen LogP contribution is -2.45. The van der Waals surface area contributed by atoms with Crippen LogP contribution < -0.4 is 10.5 Å². The minimum atomic E-state index is -3.25. The molecule has 1 unspecified atom stereocenters. The summed E-state index contributed by atoms with van der Waals surface area (Å²) in [7, 11) is -3.25. The van der Waals surface area contributed by atoms with E-state index in [9.17, 15) is 8.42 Å². The van der Waals surface area contributed by atoms with E-state index >= 15 is 0 Å². The highest BCUT2D eigenvalue weighted by molar-refractivity contribution is 7.90. The fourth-order valence-electron chi connectivity index (χ4n) is 1.38. The van der Waals surface area contributed by atoms with Gasteiger partial charge < -0.3 is 10.5 Å². The van der Waals surface area contributed by atoms with Gasteiger partial charge in [0.2, 0.25) is 10.0 Å². The maximum Gasteiger partial charge on any atom is 0.217 e. The summed E-state index contributed by atoms with van der Waals surface area (Å²) >= 11 is 0. The van der Waals surface area contributed by atoms with E-state index in [1.54, 1.807) is 6.92 Å². The van der Waals surface area contributed by atoms with Crippen molar-refractivity contribution in [2.75, 3.05) is 19.8 Å². The largest absolute Gasteiger partial charge is 0.380 e. The highest BCUT2D eigenvalue weighted by atomic mass is 35.5. The van der Waals surface area contributed by atoms with Gasteiger partial charge >= 0.3 is 0 Å². The van der Waals surface area contributed by atoms with E-state index in [-0.39, 0.29) is 18.4 Å². The third-order valence-corrected chi connectivity index (χ3v) is 4.26. The second-order valence-electron chi connectivity index (χ2n) is 3.64. The summed E-state index contributed by atoms with van der Waals surface area (Å²) in [4.78, 5) is 0. The van der Waals surface area contributed by atoms with Crippen LogP contribution >= 0.6 is 12.4 Å². The van der Waals surface area contributed by atoms with Crippen LogP contribution in [-0.4, -0.2) is 39.5 Å². The van der Waals surface area contributed by atoms with Crippen LogP contribution in [0.15, 0.2) is 0 Å². The summed E-state index contributed by atoms with van der Waals surface area (Å²) in [5, 5.41) is -0.412. The molecule has 1 aliphatic rings. The zero-order valence-corrected chi connectivity index (χ0v) is 10.4. The number of ether oxygens (including phenoxy) is 1. The molecule has 0 spiro atoms. The molecule has 1 rings (SSSR count). The lowest BCUT2D eigenvalue weighted by Gasteiger charge is -2.23. The zero-order valence-electron chi connectivity index (χ0n) is 8.81. The summed E-state index contributed by atoms with van der Waals surface area (Å²) in [6, 6.07) is -0.207. The lowest BCUT2D eigenvalue weighted by atomic mass is 10.2. The van der Waals surface area contributed by atoms with Crippen LogP contribution in [0.1, 0.15) is 19.8 Å². The summed E-state index contributed by atoms with van der Waals surface area (Å²) in [6.07, 6.45) is 1.48. The molecule has 0 aromatic rings. The van der Waals surface area contributed by atoms with Gasteiger partial charge in [-0.15, -0.1) is 12.4 Å². The Hall–Kier alpha value is 0.120. The molecule has 0 saturated carbocycles. The monoisotopic (exact) mass is 258 g/mol. The smallest absolute Gasteiger partial charge is 0.217 e. The topological polar surface area (TPSA) is 81.4 Å². The second kappa shape index (κ2) is 6.65. The SMILES string of the molecule is C[C@@H](CN)NS(=O)(=O)C1CCCOC1.Cl. The third kappa shape index (κ3) is 4.65. The highest BCUT2D eigenvalue weighted by Gasteiger charge is 2.28. The normalized spacial score (nSPS) is 24.3. The minimum absolute atomic E-state index is 0. The Morgan fingerprint density at radius 2 is 2.27 bits per heavy atom. The maximum absolute atomic E-state index is 11.7. The van der Waals surface area contributed by atoms with Gasteiger partial charge in [-0.25, -0.2) is 13.1 Å². The molecule has 3 N–H and O–H groups in total. The predicted octanol–water partition coefficient (Wildman–Crippen LogP) is -0.146. The molecule has 1 aliphatic heterocycles. The molecule has 0 aliphatic carbocycles. The quantitative estimate of drug-likeness (QED) is 0.735. The van der Waals surface area contributed by atoms with Gasteiger partial charge in [0.25, 0.3) is 0 Å². The van der Waals surface area contributed by atoms with E-state index in [2.05, 4.69) is 4.72 Å². The highest BCUT2D eigenvalue weighted by Crippen LogP contribution is 2.13. The van der Waals surface area contributed by atoms with E-state index in [0.717, 1.165) is 6.42 Å². The van der Waals surface area contributed by atoms with Crippen LogP contribution in [0.25, 0.3) is 0 Å². The van der Waals surface area contributed by atoms with Crippen molar-refractivity contribution in [2.24, 2.45) is 5.73 Å². The van der Waals surface area contributed by atoms with Gasteiger partial charge in [0.05, 0.1) is 11.9 Å². The zero-order chi connectivity index (χ0) is 10.6. The Morgan fingerprint density at radius 3 is 2.73 bits per heavy atom. The first-order chi connectivity index (χ1) is 6.56. The molecule has 1 saturated heterocycles. The number of sulfonamides is 1. The molecular weight excluding hydrogens is 240 g/mol.